The summed E-state index contributed by atoms with van der Waals surface area (Å²) in [6, 6.07) is 9.22. The van der Waals surface area contributed by atoms with Gasteiger partial charge in [-0.2, -0.15) is 0 Å². The number of hydrogen-bond donors (Lipinski definition) is 1. The van der Waals surface area contributed by atoms with E-state index in [1.807, 2.05) is 31.3 Å². The summed E-state index contributed by atoms with van der Waals surface area (Å²) in [5.74, 6) is 0.436. The van der Waals surface area contributed by atoms with Gasteiger partial charge in [0.05, 0.1) is 11.2 Å². The van der Waals surface area contributed by atoms with E-state index in [9.17, 15) is 4.39 Å². The van der Waals surface area contributed by atoms with Crippen LogP contribution in [0.3, 0.4) is 0 Å². The smallest absolute Gasteiger partial charge is 0.141 e. The highest BCUT2D eigenvalue weighted by Crippen LogP contribution is 2.29. The van der Waals surface area contributed by atoms with E-state index in [0.717, 1.165) is 21.2 Å². The molecule has 0 bridgehead atoms. The molecule has 19 heavy (non-hydrogen) atoms. The summed E-state index contributed by atoms with van der Waals surface area (Å²) in [7, 11) is 1.85. The summed E-state index contributed by atoms with van der Waals surface area (Å²) >= 11 is 7.74. The lowest BCUT2D eigenvalue weighted by atomic mass is 10.1. The zero-order chi connectivity index (χ0) is 13.7. The van der Waals surface area contributed by atoms with Crippen LogP contribution in [0.1, 0.15) is 11.6 Å². The summed E-state index contributed by atoms with van der Waals surface area (Å²) < 4.78 is 13.2. The zero-order valence-electron chi connectivity index (χ0n) is 10.4. The fourth-order valence-corrected chi connectivity index (χ4v) is 3.09. The van der Waals surface area contributed by atoms with E-state index in [4.69, 9.17) is 11.6 Å². The van der Waals surface area contributed by atoms with Crippen LogP contribution in [0.4, 0.5) is 4.39 Å². The van der Waals surface area contributed by atoms with Crippen LogP contribution in [0.15, 0.2) is 47.6 Å². The third-order valence-corrected chi connectivity index (χ3v) is 4.33. The normalized spacial score (nSPS) is 12.4. The van der Waals surface area contributed by atoms with Crippen LogP contribution in [-0.2, 0) is 0 Å². The molecule has 1 heterocycles. The maximum absolute atomic E-state index is 13.2. The van der Waals surface area contributed by atoms with Gasteiger partial charge in [0, 0.05) is 22.9 Å². The lowest BCUT2D eigenvalue weighted by molar-refractivity contribution is 0.603. The molecular formula is C14H14ClFN2S. The van der Waals surface area contributed by atoms with Crippen molar-refractivity contribution in [3.05, 3.63) is 59.1 Å². The molecule has 0 amide bonds. The van der Waals surface area contributed by atoms with Crippen LogP contribution in [-0.4, -0.2) is 17.8 Å². The van der Waals surface area contributed by atoms with Gasteiger partial charge in [0.25, 0.3) is 0 Å². The van der Waals surface area contributed by atoms with Gasteiger partial charge in [0.2, 0.25) is 0 Å². The van der Waals surface area contributed by atoms with Crippen molar-refractivity contribution in [3.8, 4) is 0 Å². The molecule has 0 spiro atoms. The van der Waals surface area contributed by atoms with E-state index in [1.165, 1.54) is 12.3 Å². The van der Waals surface area contributed by atoms with Crippen LogP contribution in [0.25, 0.3) is 0 Å². The number of hydrogen-bond acceptors (Lipinski definition) is 3. The van der Waals surface area contributed by atoms with Gasteiger partial charge in [-0.05, 0) is 30.8 Å². The third-order valence-electron chi connectivity index (χ3n) is 2.72. The minimum atomic E-state index is -0.319. The molecule has 0 fully saturated rings. The molecule has 2 rings (SSSR count). The van der Waals surface area contributed by atoms with Gasteiger partial charge < -0.3 is 5.32 Å². The first-order chi connectivity index (χ1) is 9.20. The second-order valence-electron chi connectivity index (χ2n) is 4.02. The molecule has 0 radical (unpaired) electrons. The van der Waals surface area contributed by atoms with Crippen LogP contribution in [0, 0.1) is 5.82 Å². The number of nitrogens with one attached hydrogen (secondary N) is 1. The molecule has 5 heteroatoms. The fourth-order valence-electron chi connectivity index (χ4n) is 1.70. The number of pyridine rings is 1. The third kappa shape index (κ3) is 3.93. The Balaban J connectivity index is 2.06. The summed E-state index contributed by atoms with van der Waals surface area (Å²) in [4.78, 5) is 4.90. The van der Waals surface area contributed by atoms with Gasteiger partial charge in [0.15, 0.2) is 0 Å². The van der Waals surface area contributed by atoms with Crippen LogP contribution in [0.2, 0.25) is 5.02 Å². The largest absolute Gasteiger partial charge is 0.312 e. The number of benzene rings is 1. The predicted octanol–water partition coefficient (Wildman–Crippen LogP) is 3.93. The average molecular weight is 297 g/mol. The van der Waals surface area contributed by atoms with Crippen LogP contribution in [0.5, 0.6) is 0 Å². The lowest BCUT2D eigenvalue weighted by Gasteiger charge is -2.16. The summed E-state index contributed by atoms with van der Waals surface area (Å²) in [6.45, 7) is 0. The number of halogens is 2. The van der Waals surface area contributed by atoms with Crippen LogP contribution < -0.4 is 5.32 Å². The number of nitrogens with zero attached hydrogens (tertiary/aromatic N) is 1. The Hall–Kier alpha value is -1.10. The Morgan fingerprint density at radius 2 is 2.16 bits per heavy atom. The summed E-state index contributed by atoms with van der Waals surface area (Å²) in [6.07, 6.45) is 2.88. The van der Waals surface area contributed by atoms with Crippen molar-refractivity contribution in [2.24, 2.45) is 0 Å². The minimum absolute atomic E-state index is 0.0319. The Labute approximate surface area is 121 Å². The molecular weight excluding hydrogens is 283 g/mol. The van der Waals surface area contributed by atoms with Crippen molar-refractivity contribution >= 4 is 23.4 Å². The minimum Gasteiger partial charge on any atom is -0.312 e. The van der Waals surface area contributed by atoms with Crippen molar-refractivity contribution < 1.29 is 4.39 Å². The van der Waals surface area contributed by atoms with Gasteiger partial charge >= 0.3 is 0 Å². The Morgan fingerprint density at radius 3 is 2.84 bits per heavy atom. The highest BCUT2D eigenvalue weighted by atomic mass is 35.5. The maximum Gasteiger partial charge on any atom is 0.141 e. The molecule has 1 unspecified atom stereocenters. The predicted molar refractivity (Wildman–Crippen MR) is 78.2 cm³/mol. The molecule has 0 aliphatic carbocycles. The molecule has 1 aromatic heterocycles. The quantitative estimate of drug-likeness (QED) is 0.846. The summed E-state index contributed by atoms with van der Waals surface area (Å²) in [5.41, 5.74) is 0.835. The highest BCUT2D eigenvalue weighted by molar-refractivity contribution is 7.99. The second-order valence-corrected chi connectivity index (χ2v) is 5.49. The van der Waals surface area contributed by atoms with Gasteiger partial charge in [-0.15, -0.1) is 11.8 Å². The number of aromatic nitrogens is 1. The average Bonchev–Trinajstić information content (AvgIpc) is 2.41. The fraction of sp³-hybridized carbons (Fsp3) is 0.214. The molecule has 1 N–H and O–H groups in total. The standard InChI is InChI=1S/C14H14ClFN2S/c1-17-13(10-6-11(16)8-18-7-10)9-19-14-5-3-2-4-12(14)15/h2-8,13,17H,9H2,1H3. The second kappa shape index (κ2) is 6.89. The van der Waals surface area contributed by atoms with E-state index in [1.54, 1.807) is 18.0 Å². The monoisotopic (exact) mass is 296 g/mol. The Kier molecular flexibility index (Phi) is 5.19. The molecule has 0 saturated heterocycles. The van der Waals surface area contributed by atoms with Crippen LogP contribution >= 0.6 is 23.4 Å². The van der Waals surface area contributed by atoms with E-state index < -0.39 is 0 Å². The Morgan fingerprint density at radius 1 is 1.37 bits per heavy atom. The van der Waals surface area contributed by atoms with Crippen molar-refractivity contribution in [1.29, 1.82) is 0 Å². The Bertz CT molecular complexity index is 550. The first-order valence-corrected chi connectivity index (χ1v) is 7.22. The maximum atomic E-state index is 13.2. The molecule has 100 valence electrons. The van der Waals surface area contributed by atoms with Crippen molar-refractivity contribution in [2.75, 3.05) is 12.8 Å². The van der Waals surface area contributed by atoms with E-state index in [2.05, 4.69) is 10.3 Å². The number of thioether (sulfide) groups is 1. The van der Waals surface area contributed by atoms with Crippen molar-refractivity contribution in [3.63, 3.8) is 0 Å². The molecule has 1 atom stereocenters. The van der Waals surface area contributed by atoms with E-state index in [0.29, 0.717) is 0 Å². The van der Waals surface area contributed by atoms with Crippen molar-refractivity contribution in [1.82, 2.24) is 10.3 Å². The van der Waals surface area contributed by atoms with Gasteiger partial charge in [-0.25, -0.2) is 4.39 Å². The molecule has 1 aromatic carbocycles. The van der Waals surface area contributed by atoms with Gasteiger partial charge in [0.1, 0.15) is 5.82 Å². The first kappa shape index (κ1) is 14.3. The van der Waals surface area contributed by atoms with Gasteiger partial charge in [-0.3, -0.25) is 4.98 Å². The summed E-state index contributed by atoms with van der Waals surface area (Å²) in [5, 5.41) is 3.90. The van der Waals surface area contributed by atoms with Crippen molar-refractivity contribution in [2.45, 2.75) is 10.9 Å². The first-order valence-electron chi connectivity index (χ1n) is 5.85. The number of rotatable bonds is 5. The van der Waals surface area contributed by atoms with Gasteiger partial charge in [-0.1, -0.05) is 23.7 Å². The SMILES string of the molecule is CNC(CSc1ccccc1Cl)c1cncc(F)c1. The zero-order valence-corrected chi connectivity index (χ0v) is 12.0. The molecule has 0 saturated carbocycles. The molecule has 0 aliphatic rings. The topological polar surface area (TPSA) is 24.9 Å². The molecule has 2 aromatic rings. The van der Waals surface area contributed by atoms with E-state index in [-0.39, 0.29) is 11.9 Å². The molecule has 0 aliphatic heterocycles. The van der Waals surface area contributed by atoms with E-state index >= 15 is 0 Å². The highest BCUT2D eigenvalue weighted by Gasteiger charge is 2.12. The lowest BCUT2D eigenvalue weighted by Crippen LogP contribution is -2.19. The molecule has 2 nitrogen and oxygen atoms in total.